The Labute approximate surface area is 253 Å². The number of sulfonamides is 1. The molecule has 0 aromatic heterocycles. The summed E-state index contributed by atoms with van der Waals surface area (Å²) in [6.45, 7) is 4.17. The molecule has 0 aliphatic heterocycles. The normalized spacial score (nSPS) is 13.2. The first-order valence-electron chi connectivity index (χ1n) is 13.5. The molecule has 1 N–H and O–H groups in total. The molecule has 7 nitrogen and oxygen atoms in total. The summed E-state index contributed by atoms with van der Waals surface area (Å²) < 4.78 is 83.0. The molecular formula is C30H32ClF4N3O4S. The van der Waals surface area contributed by atoms with Gasteiger partial charge in [0.15, 0.2) is 0 Å². The zero-order chi connectivity index (χ0) is 31.9. The van der Waals surface area contributed by atoms with Crippen LogP contribution in [-0.4, -0.2) is 43.8 Å². The van der Waals surface area contributed by atoms with Gasteiger partial charge in [0.2, 0.25) is 11.8 Å². The first kappa shape index (κ1) is 33.9. The van der Waals surface area contributed by atoms with Crippen molar-refractivity contribution in [3.05, 3.63) is 94.8 Å². The highest BCUT2D eigenvalue weighted by Gasteiger charge is 2.37. The number of carbonyl (C=O) groups is 2. The number of carbonyl (C=O) groups excluding carboxylic acids is 2. The predicted octanol–water partition coefficient (Wildman–Crippen LogP) is 6.42. The van der Waals surface area contributed by atoms with E-state index in [1.165, 1.54) is 48.5 Å². The molecule has 3 aromatic carbocycles. The second-order valence-electron chi connectivity index (χ2n) is 9.88. The van der Waals surface area contributed by atoms with Crippen molar-refractivity contribution in [1.29, 1.82) is 0 Å². The number of halogens is 5. The van der Waals surface area contributed by atoms with Crippen LogP contribution < -0.4 is 9.62 Å². The SMILES string of the molecule is CC[C@@H](C)NC(=O)[C@H](CC)N(Cc1ccc(F)cc1)C(=O)CN(c1ccc(Cl)c(C(F)(F)F)c1)S(=O)(=O)c1ccccc1. The van der Waals surface area contributed by atoms with Crippen molar-refractivity contribution >= 4 is 39.1 Å². The zero-order valence-corrected chi connectivity index (χ0v) is 25.3. The van der Waals surface area contributed by atoms with E-state index in [0.29, 0.717) is 22.4 Å². The van der Waals surface area contributed by atoms with E-state index in [-0.39, 0.29) is 23.9 Å². The van der Waals surface area contributed by atoms with Gasteiger partial charge in [0.25, 0.3) is 10.0 Å². The molecule has 232 valence electrons. The van der Waals surface area contributed by atoms with Gasteiger partial charge in [-0.2, -0.15) is 13.2 Å². The largest absolute Gasteiger partial charge is 0.417 e. The maximum atomic E-state index is 14.0. The van der Waals surface area contributed by atoms with Crippen LogP contribution in [0.1, 0.15) is 44.7 Å². The fourth-order valence-electron chi connectivity index (χ4n) is 4.28. The number of rotatable bonds is 12. The van der Waals surface area contributed by atoms with Crippen LogP contribution in [0, 0.1) is 5.82 Å². The maximum absolute atomic E-state index is 14.0. The van der Waals surface area contributed by atoms with Crippen LogP contribution in [0.5, 0.6) is 0 Å². The number of amides is 2. The molecule has 0 saturated carbocycles. The number of alkyl halides is 3. The topological polar surface area (TPSA) is 86.8 Å². The minimum atomic E-state index is -4.91. The van der Waals surface area contributed by atoms with E-state index in [4.69, 9.17) is 11.6 Å². The smallest absolute Gasteiger partial charge is 0.352 e. The van der Waals surface area contributed by atoms with E-state index in [1.54, 1.807) is 19.9 Å². The highest BCUT2D eigenvalue weighted by Crippen LogP contribution is 2.38. The Bertz CT molecular complexity index is 1520. The summed E-state index contributed by atoms with van der Waals surface area (Å²) in [7, 11) is -4.59. The lowest BCUT2D eigenvalue weighted by molar-refractivity contribution is -0.140. The van der Waals surface area contributed by atoms with Gasteiger partial charge >= 0.3 is 6.18 Å². The molecule has 0 heterocycles. The van der Waals surface area contributed by atoms with Crippen molar-refractivity contribution < 1.29 is 35.6 Å². The molecule has 0 spiro atoms. The van der Waals surface area contributed by atoms with Crippen molar-refractivity contribution in [2.75, 3.05) is 10.8 Å². The Morgan fingerprint density at radius 2 is 1.58 bits per heavy atom. The van der Waals surface area contributed by atoms with Gasteiger partial charge in [-0.05, 0) is 67.8 Å². The number of nitrogens with one attached hydrogen (secondary N) is 1. The molecule has 0 radical (unpaired) electrons. The summed E-state index contributed by atoms with van der Waals surface area (Å²) in [4.78, 5) is 28.2. The molecule has 0 fully saturated rings. The van der Waals surface area contributed by atoms with Crippen molar-refractivity contribution in [3.8, 4) is 0 Å². The first-order chi connectivity index (χ1) is 20.2. The molecule has 0 unspecified atom stereocenters. The molecule has 0 bridgehead atoms. The number of hydrogen-bond acceptors (Lipinski definition) is 4. The number of hydrogen-bond donors (Lipinski definition) is 1. The highest BCUT2D eigenvalue weighted by atomic mass is 35.5. The minimum absolute atomic E-state index is 0.139. The van der Waals surface area contributed by atoms with Crippen molar-refractivity contribution in [2.24, 2.45) is 0 Å². The Kier molecular flexibility index (Phi) is 11.2. The summed E-state index contributed by atoms with van der Waals surface area (Å²) in [5, 5.41) is 2.17. The van der Waals surface area contributed by atoms with Gasteiger partial charge in [0.05, 0.1) is 21.2 Å². The maximum Gasteiger partial charge on any atom is 0.417 e. The first-order valence-corrected chi connectivity index (χ1v) is 15.3. The molecule has 0 aliphatic carbocycles. The minimum Gasteiger partial charge on any atom is -0.352 e. The van der Waals surface area contributed by atoms with Crippen molar-refractivity contribution in [3.63, 3.8) is 0 Å². The Hall–Kier alpha value is -3.64. The monoisotopic (exact) mass is 641 g/mol. The van der Waals surface area contributed by atoms with Crippen LogP contribution in [0.25, 0.3) is 0 Å². The highest BCUT2D eigenvalue weighted by molar-refractivity contribution is 7.92. The summed E-state index contributed by atoms with van der Waals surface area (Å²) in [5.74, 6) is -1.87. The van der Waals surface area contributed by atoms with E-state index in [2.05, 4.69) is 5.32 Å². The summed E-state index contributed by atoms with van der Waals surface area (Å²) >= 11 is 5.79. The predicted molar refractivity (Wildman–Crippen MR) is 156 cm³/mol. The van der Waals surface area contributed by atoms with Crippen LogP contribution in [-0.2, 0) is 32.3 Å². The number of benzene rings is 3. The third kappa shape index (κ3) is 8.47. The fourth-order valence-corrected chi connectivity index (χ4v) is 5.93. The third-order valence-electron chi connectivity index (χ3n) is 6.81. The molecule has 0 saturated heterocycles. The van der Waals surface area contributed by atoms with Crippen LogP contribution in [0.15, 0.2) is 77.7 Å². The standard InChI is InChI=1S/C30H32ClF4N3O4S/c1-4-20(3)36-29(40)27(5-2)37(18-21-11-13-22(32)14-12-21)28(39)19-38(43(41,42)24-9-7-6-8-10-24)23-15-16-26(31)25(17-23)30(33,34)35/h6-17,20,27H,4-5,18-19H2,1-3H3,(H,36,40)/t20-,27+/m1/s1. The van der Waals surface area contributed by atoms with E-state index < -0.39 is 62.7 Å². The summed E-state index contributed by atoms with van der Waals surface area (Å²) in [5.41, 5.74) is -1.28. The van der Waals surface area contributed by atoms with Gasteiger partial charge in [0.1, 0.15) is 18.4 Å². The van der Waals surface area contributed by atoms with Crippen LogP contribution in [0.4, 0.5) is 23.2 Å². The van der Waals surface area contributed by atoms with E-state index >= 15 is 0 Å². The van der Waals surface area contributed by atoms with Gasteiger partial charge in [0, 0.05) is 12.6 Å². The Balaban J connectivity index is 2.13. The van der Waals surface area contributed by atoms with Gasteiger partial charge < -0.3 is 10.2 Å². The van der Waals surface area contributed by atoms with Gasteiger partial charge in [-0.1, -0.05) is 55.8 Å². The second kappa shape index (κ2) is 14.2. The molecule has 13 heteroatoms. The lowest BCUT2D eigenvalue weighted by atomic mass is 10.1. The van der Waals surface area contributed by atoms with Crippen LogP contribution in [0.3, 0.4) is 0 Å². The lowest BCUT2D eigenvalue weighted by Gasteiger charge is -2.34. The Morgan fingerprint density at radius 3 is 2.14 bits per heavy atom. The van der Waals surface area contributed by atoms with Crippen molar-refractivity contribution in [2.45, 2.75) is 63.3 Å². The summed E-state index contributed by atoms with van der Waals surface area (Å²) in [6, 6.07) is 13.4. The van der Waals surface area contributed by atoms with Crippen LogP contribution >= 0.6 is 11.6 Å². The zero-order valence-electron chi connectivity index (χ0n) is 23.7. The molecule has 3 rings (SSSR count). The Morgan fingerprint density at radius 1 is 0.953 bits per heavy atom. The molecule has 3 aromatic rings. The average Bonchev–Trinajstić information content (AvgIpc) is 2.96. The van der Waals surface area contributed by atoms with Gasteiger partial charge in [-0.3, -0.25) is 13.9 Å². The number of nitrogens with zero attached hydrogens (tertiary/aromatic N) is 2. The fraction of sp³-hybridized carbons (Fsp3) is 0.333. The molecule has 43 heavy (non-hydrogen) atoms. The molecule has 0 aliphatic rings. The number of anilines is 1. The molecule has 2 atom stereocenters. The van der Waals surface area contributed by atoms with E-state index in [0.717, 1.165) is 17.0 Å². The van der Waals surface area contributed by atoms with Crippen molar-refractivity contribution in [1.82, 2.24) is 10.2 Å². The van der Waals surface area contributed by atoms with E-state index in [9.17, 15) is 35.6 Å². The van der Waals surface area contributed by atoms with Gasteiger partial charge in [-0.15, -0.1) is 0 Å². The second-order valence-corrected chi connectivity index (χ2v) is 12.1. The van der Waals surface area contributed by atoms with Crippen LogP contribution in [0.2, 0.25) is 5.02 Å². The lowest BCUT2D eigenvalue weighted by Crippen LogP contribution is -2.53. The quantitative estimate of drug-likeness (QED) is 0.232. The molecular weight excluding hydrogens is 610 g/mol. The van der Waals surface area contributed by atoms with E-state index in [1.807, 2.05) is 6.92 Å². The third-order valence-corrected chi connectivity index (χ3v) is 8.92. The summed E-state index contributed by atoms with van der Waals surface area (Å²) in [6.07, 6.45) is -4.16. The van der Waals surface area contributed by atoms with Gasteiger partial charge in [-0.25, -0.2) is 12.8 Å². The molecule has 2 amide bonds. The average molecular weight is 642 g/mol.